The van der Waals surface area contributed by atoms with E-state index < -0.39 is 0 Å². The highest BCUT2D eigenvalue weighted by atomic mass is 15.2. The van der Waals surface area contributed by atoms with Crippen molar-refractivity contribution in [3.8, 4) is 0 Å². The number of fused-ring (bicyclic) bond motifs is 1. The highest BCUT2D eigenvalue weighted by molar-refractivity contribution is 5.30. The minimum absolute atomic E-state index is 0.637. The lowest BCUT2D eigenvalue weighted by atomic mass is 10.1. The quantitative estimate of drug-likeness (QED) is 0.876. The van der Waals surface area contributed by atoms with Crippen LogP contribution in [0.15, 0.2) is 24.3 Å². The molecule has 18 heavy (non-hydrogen) atoms. The third-order valence-electron chi connectivity index (χ3n) is 4.55. The van der Waals surface area contributed by atoms with Crippen LogP contribution in [0.5, 0.6) is 0 Å². The summed E-state index contributed by atoms with van der Waals surface area (Å²) in [6.07, 6.45) is 5.60. The summed E-state index contributed by atoms with van der Waals surface area (Å²) in [6.45, 7) is 5.75. The van der Waals surface area contributed by atoms with Gasteiger partial charge in [0.05, 0.1) is 0 Å². The molecule has 1 aromatic carbocycles. The Morgan fingerprint density at radius 2 is 1.78 bits per heavy atom. The molecule has 1 saturated carbocycles. The molecule has 0 saturated heterocycles. The van der Waals surface area contributed by atoms with Crippen LogP contribution in [0.3, 0.4) is 0 Å². The molecule has 2 nitrogen and oxygen atoms in total. The number of nitrogens with one attached hydrogen (secondary N) is 1. The van der Waals surface area contributed by atoms with E-state index in [2.05, 4.69) is 41.4 Å². The van der Waals surface area contributed by atoms with E-state index in [-0.39, 0.29) is 0 Å². The standard InChI is InChI=1S/C16H24N2/c1-13(10-17-16-8-4-5-9-16)18-11-14-6-2-3-7-15(14)12-18/h2-3,6-7,13,16-17H,4-5,8-12H2,1H3. The lowest BCUT2D eigenvalue weighted by molar-refractivity contribution is 0.203. The number of hydrogen-bond donors (Lipinski definition) is 1. The maximum atomic E-state index is 3.74. The molecular weight excluding hydrogens is 220 g/mol. The maximum absolute atomic E-state index is 3.74. The largest absolute Gasteiger partial charge is 0.312 e. The minimum atomic E-state index is 0.637. The molecule has 0 spiro atoms. The molecule has 1 aromatic rings. The van der Waals surface area contributed by atoms with Crippen molar-refractivity contribution < 1.29 is 0 Å². The zero-order valence-electron chi connectivity index (χ0n) is 11.4. The summed E-state index contributed by atoms with van der Waals surface area (Å²) in [5.74, 6) is 0. The molecule has 98 valence electrons. The van der Waals surface area contributed by atoms with Crippen LogP contribution in [0.2, 0.25) is 0 Å². The van der Waals surface area contributed by atoms with Gasteiger partial charge in [0, 0.05) is 31.7 Å². The summed E-state index contributed by atoms with van der Waals surface area (Å²) in [5.41, 5.74) is 3.04. The van der Waals surface area contributed by atoms with Crippen molar-refractivity contribution in [3.05, 3.63) is 35.4 Å². The smallest absolute Gasteiger partial charge is 0.0243 e. The average molecular weight is 244 g/mol. The van der Waals surface area contributed by atoms with Gasteiger partial charge in [-0.15, -0.1) is 0 Å². The molecule has 3 rings (SSSR count). The van der Waals surface area contributed by atoms with Gasteiger partial charge in [-0.25, -0.2) is 0 Å². The van der Waals surface area contributed by atoms with Crippen molar-refractivity contribution in [1.82, 2.24) is 10.2 Å². The summed E-state index contributed by atoms with van der Waals surface area (Å²) in [7, 11) is 0. The van der Waals surface area contributed by atoms with Gasteiger partial charge in [0.2, 0.25) is 0 Å². The van der Waals surface area contributed by atoms with Crippen LogP contribution in [0.1, 0.15) is 43.7 Å². The van der Waals surface area contributed by atoms with Crippen molar-refractivity contribution in [3.63, 3.8) is 0 Å². The van der Waals surface area contributed by atoms with Crippen LogP contribution in [-0.4, -0.2) is 23.5 Å². The molecule has 0 radical (unpaired) electrons. The van der Waals surface area contributed by atoms with Crippen LogP contribution in [-0.2, 0) is 13.1 Å². The Morgan fingerprint density at radius 3 is 2.39 bits per heavy atom. The molecule has 1 aliphatic carbocycles. The topological polar surface area (TPSA) is 15.3 Å². The van der Waals surface area contributed by atoms with Crippen molar-refractivity contribution >= 4 is 0 Å². The van der Waals surface area contributed by atoms with Gasteiger partial charge in [-0.1, -0.05) is 37.1 Å². The molecule has 0 bridgehead atoms. The summed E-state index contributed by atoms with van der Waals surface area (Å²) in [6, 6.07) is 10.3. The van der Waals surface area contributed by atoms with Crippen molar-refractivity contribution in [2.75, 3.05) is 6.54 Å². The molecular formula is C16H24N2. The van der Waals surface area contributed by atoms with E-state index in [0.29, 0.717) is 6.04 Å². The zero-order valence-corrected chi connectivity index (χ0v) is 11.4. The summed E-state index contributed by atoms with van der Waals surface area (Å²) in [5, 5.41) is 3.74. The monoisotopic (exact) mass is 244 g/mol. The van der Waals surface area contributed by atoms with Crippen molar-refractivity contribution in [2.24, 2.45) is 0 Å². The lowest BCUT2D eigenvalue weighted by Crippen LogP contribution is -2.40. The lowest BCUT2D eigenvalue weighted by Gasteiger charge is -2.25. The van der Waals surface area contributed by atoms with Gasteiger partial charge in [-0.2, -0.15) is 0 Å². The van der Waals surface area contributed by atoms with Gasteiger partial charge >= 0.3 is 0 Å². The predicted molar refractivity (Wildman–Crippen MR) is 75.4 cm³/mol. The fourth-order valence-electron chi connectivity index (χ4n) is 3.27. The van der Waals surface area contributed by atoms with Crippen LogP contribution >= 0.6 is 0 Å². The van der Waals surface area contributed by atoms with Crippen molar-refractivity contribution in [1.29, 1.82) is 0 Å². The van der Waals surface area contributed by atoms with E-state index in [9.17, 15) is 0 Å². The van der Waals surface area contributed by atoms with Gasteiger partial charge in [-0.3, -0.25) is 4.90 Å². The Labute approximate surface area is 110 Å². The second kappa shape index (κ2) is 5.41. The summed E-state index contributed by atoms with van der Waals surface area (Å²) < 4.78 is 0. The van der Waals surface area contributed by atoms with E-state index in [1.165, 1.54) is 36.8 Å². The Bertz CT molecular complexity index is 371. The number of nitrogens with zero attached hydrogens (tertiary/aromatic N) is 1. The normalized spacial score (nSPS) is 22.3. The first kappa shape index (κ1) is 12.2. The molecule has 1 unspecified atom stereocenters. The molecule has 2 aliphatic rings. The molecule has 1 heterocycles. The molecule has 0 amide bonds. The molecule has 0 aromatic heterocycles. The summed E-state index contributed by atoms with van der Waals surface area (Å²) in [4.78, 5) is 2.59. The average Bonchev–Trinajstić information content (AvgIpc) is 3.04. The zero-order chi connectivity index (χ0) is 12.4. The second-order valence-corrected chi connectivity index (χ2v) is 5.91. The van der Waals surface area contributed by atoms with Crippen LogP contribution in [0.4, 0.5) is 0 Å². The molecule has 1 atom stereocenters. The van der Waals surface area contributed by atoms with Gasteiger partial charge in [0.15, 0.2) is 0 Å². The predicted octanol–water partition coefficient (Wildman–Crippen LogP) is 2.92. The first-order valence-electron chi connectivity index (χ1n) is 7.37. The van der Waals surface area contributed by atoms with Crippen LogP contribution < -0.4 is 5.32 Å². The van der Waals surface area contributed by atoms with E-state index in [0.717, 1.165) is 25.7 Å². The maximum Gasteiger partial charge on any atom is 0.0243 e. The molecule has 1 aliphatic heterocycles. The first-order chi connectivity index (χ1) is 8.83. The highest BCUT2D eigenvalue weighted by Crippen LogP contribution is 2.24. The molecule has 1 N–H and O–H groups in total. The fourth-order valence-corrected chi connectivity index (χ4v) is 3.27. The minimum Gasteiger partial charge on any atom is -0.312 e. The van der Waals surface area contributed by atoms with E-state index in [1.54, 1.807) is 0 Å². The third kappa shape index (κ3) is 2.60. The third-order valence-corrected chi connectivity index (χ3v) is 4.55. The Hall–Kier alpha value is -0.860. The highest BCUT2D eigenvalue weighted by Gasteiger charge is 2.23. The second-order valence-electron chi connectivity index (χ2n) is 5.91. The number of benzene rings is 1. The van der Waals surface area contributed by atoms with Crippen LogP contribution in [0.25, 0.3) is 0 Å². The number of rotatable bonds is 4. The number of hydrogen-bond acceptors (Lipinski definition) is 2. The van der Waals surface area contributed by atoms with Gasteiger partial charge < -0.3 is 5.32 Å². The van der Waals surface area contributed by atoms with E-state index >= 15 is 0 Å². The summed E-state index contributed by atoms with van der Waals surface area (Å²) >= 11 is 0. The van der Waals surface area contributed by atoms with Gasteiger partial charge in [0.1, 0.15) is 0 Å². The van der Waals surface area contributed by atoms with Gasteiger partial charge in [-0.05, 0) is 30.9 Å². The van der Waals surface area contributed by atoms with Crippen molar-refractivity contribution in [2.45, 2.75) is 57.8 Å². The Balaban J connectivity index is 1.50. The van der Waals surface area contributed by atoms with Crippen LogP contribution in [0, 0.1) is 0 Å². The molecule has 2 heteroatoms. The van der Waals surface area contributed by atoms with Gasteiger partial charge in [0.25, 0.3) is 0 Å². The fraction of sp³-hybridized carbons (Fsp3) is 0.625. The Morgan fingerprint density at radius 1 is 1.17 bits per heavy atom. The first-order valence-corrected chi connectivity index (χ1v) is 7.37. The SMILES string of the molecule is CC(CNC1CCCC1)N1Cc2ccccc2C1. The Kier molecular flexibility index (Phi) is 3.67. The van der Waals surface area contributed by atoms with E-state index in [4.69, 9.17) is 0 Å². The molecule has 1 fully saturated rings. The van der Waals surface area contributed by atoms with E-state index in [1.807, 2.05) is 0 Å².